The second kappa shape index (κ2) is 6.98. The van der Waals surface area contributed by atoms with Crippen molar-refractivity contribution >= 4 is 5.91 Å². The topological polar surface area (TPSA) is 20.3 Å². The number of hydrogen-bond acceptors (Lipinski definition) is 1. The highest BCUT2D eigenvalue weighted by molar-refractivity contribution is 5.78. The Kier molecular flexibility index (Phi) is 5.91. The van der Waals surface area contributed by atoms with Crippen molar-refractivity contribution in [1.29, 1.82) is 0 Å². The van der Waals surface area contributed by atoms with Crippen LogP contribution in [0.1, 0.15) is 60.3 Å². The first-order chi connectivity index (χ1) is 8.79. The molecule has 0 N–H and O–H groups in total. The molecule has 1 aliphatic heterocycles. The third-order valence-corrected chi connectivity index (χ3v) is 3.56. The van der Waals surface area contributed by atoms with E-state index in [1.165, 1.54) is 6.42 Å². The summed E-state index contributed by atoms with van der Waals surface area (Å²) in [5.74, 6) is 7.78. The molecule has 1 amide bonds. The maximum atomic E-state index is 11.9. The van der Waals surface area contributed by atoms with Crippen molar-refractivity contribution in [3.8, 4) is 11.8 Å². The number of hydrogen-bond donors (Lipinski definition) is 0. The standard InChI is InChI=1S/C17H29NO/c1-14(2)16(19)18-12-9-15(10-13-18)8-6-7-11-17(3,4)5/h14-15H,6,8-10,12-13H2,1-5H3. The number of carbonyl (C=O) groups is 1. The Morgan fingerprint density at radius 1 is 1.26 bits per heavy atom. The predicted octanol–water partition coefficient (Wildman–Crippen LogP) is 3.71. The van der Waals surface area contributed by atoms with E-state index < -0.39 is 0 Å². The van der Waals surface area contributed by atoms with Gasteiger partial charge in [0.15, 0.2) is 0 Å². The second-order valence-corrected chi connectivity index (χ2v) is 7.01. The molecule has 0 bridgehead atoms. The summed E-state index contributed by atoms with van der Waals surface area (Å²) in [4.78, 5) is 13.9. The summed E-state index contributed by atoms with van der Waals surface area (Å²) in [6.07, 6.45) is 4.48. The van der Waals surface area contributed by atoms with Crippen molar-refractivity contribution in [2.75, 3.05) is 13.1 Å². The average Bonchev–Trinajstić information content (AvgIpc) is 2.33. The molecule has 0 spiro atoms. The highest BCUT2D eigenvalue weighted by atomic mass is 16.2. The first-order valence-electron chi connectivity index (χ1n) is 7.58. The number of likely N-dealkylation sites (tertiary alicyclic amines) is 1. The summed E-state index contributed by atoms with van der Waals surface area (Å²) in [6.45, 7) is 12.3. The van der Waals surface area contributed by atoms with Crippen LogP contribution in [-0.4, -0.2) is 23.9 Å². The molecule has 0 aromatic carbocycles. The zero-order valence-corrected chi connectivity index (χ0v) is 13.3. The van der Waals surface area contributed by atoms with E-state index in [4.69, 9.17) is 0 Å². The normalized spacial score (nSPS) is 17.3. The van der Waals surface area contributed by atoms with Gasteiger partial charge in [-0.3, -0.25) is 4.79 Å². The zero-order chi connectivity index (χ0) is 14.5. The minimum absolute atomic E-state index is 0.118. The Bertz CT molecular complexity index is 346. The Hall–Kier alpha value is -0.970. The van der Waals surface area contributed by atoms with Gasteiger partial charge < -0.3 is 4.90 Å². The van der Waals surface area contributed by atoms with Crippen molar-refractivity contribution in [2.24, 2.45) is 17.3 Å². The maximum Gasteiger partial charge on any atom is 0.225 e. The fourth-order valence-corrected chi connectivity index (χ4v) is 2.41. The lowest BCUT2D eigenvalue weighted by molar-refractivity contribution is -0.135. The van der Waals surface area contributed by atoms with E-state index in [2.05, 4.69) is 32.6 Å². The molecule has 0 aromatic rings. The van der Waals surface area contributed by atoms with Crippen LogP contribution >= 0.6 is 0 Å². The van der Waals surface area contributed by atoms with E-state index in [9.17, 15) is 4.79 Å². The summed E-state index contributed by atoms with van der Waals surface area (Å²) in [7, 11) is 0. The molecular formula is C17H29NO. The molecule has 0 unspecified atom stereocenters. The lowest BCUT2D eigenvalue weighted by Gasteiger charge is -2.32. The minimum Gasteiger partial charge on any atom is -0.342 e. The average molecular weight is 263 g/mol. The predicted molar refractivity (Wildman–Crippen MR) is 80.6 cm³/mol. The minimum atomic E-state index is 0.118. The van der Waals surface area contributed by atoms with E-state index >= 15 is 0 Å². The van der Waals surface area contributed by atoms with Crippen LogP contribution in [-0.2, 0) is 4.79 Å². The molecular weight excluding hydrogens is 234 g/mol. The molecule has 0 saturated carbocycles. The van der Waals surface area contributed by atoms with E-state index in [1.807, 2.05) is 18.7 Å². The van der Waals surface area contributed by atoms with Gasteiger partial charge in [0, 0.05) is 30.8 Å². The van der Waals surface area contributed by atoms with Crippen LogP contribution in [0.4, 0.5) is 0 Å². The molecule has 108 valence electrons. The number of amides is 1. The fraction of sp³-hybridized carbons (Fsp3) is 0.824. The van der Waals surface area contributed by atoms with E-state index in [0.717, 1.165) is 38.3 Å². The van der Waals surface area contributed by atoms with Gasteiger partial charge in [-0.1, -0.05) is 19.8 Å². The summed E-state index contributed by atoms with van der Waals surface area (Å²) < 4.78 is 0. The van der Waals surface area contributed by atoms with Gasteiger partial charge in [0.2, 0.25) is 5.91 Å². The fourth-order valence-electron chi connectivity index (χ4n) is 2.41. The van der Waals surface area contributed by atoms with Crippen LogP contribution in [0.2, 0.25) is 0 Å². The number of piperidine rings is 1. The second-order valence-electron chi connectivity index (χ2n) is 7.01. The van der Waals surface area contributed by atoms with Crippen molar-refractivity contribution < 1.29 is 4.79 Å². The largest absolute Gasteiger partial charge is 0.342 e. The molecule has 2 nitrogen and oxygen atoms in total. The summed E-state index contributed by atoms with van der Waals surface area (Å²) in [6, 6.07) is 0. The third-order valence-electron chi connectivity index (χ3n) is 3.56. The SMILES string of the molecule is CC(C)C(=O)N1CCC(CCC#CC(C)(C)C)CC1. The zero-order valence-electron chi connectivity index (χ0n) is 13.3. The molecule has 0 aliphatic carbocycles. The first-order valence-corrected chi connectivity index (χ1v) is 7.58. The monoisotopic (exact) mass is 263 g/mol. The van der Waals surface area contributed by atoms with Crippen LogP contribution in [0.25, 0.3) is 0 Å². The highest BCUT2D eigenvalue weighted by Gasteiger charge is 2.23. The highest BCUT2D eigenvalue weighted by Crippen LogP contribution is 2.22. The van der Waals surface area contributed by atoms with Crippen molar-refractivity contribution in [1.82, 2.24) is 4.90 Å². The summed E-state index contributed by atoms with van der Waals surface area (Å²) in [5, 5.41) is 0. The number of nitrogens with zero attached hydrogens (tertiary/aromatic N) is 1. The molecule has 1 saturated heterocycles. The molecule has 0 atom stereocenters. The lowest BCUT2D eigenvalue weighted by Crippen LogP contribution is -2.40. The number of carbonyl (C=O) groups excluding carboxylic acids is 1. The Morgan fingerprint density at radius 2 is 1.84 bits per heavy atom. The molecule has 1 rings (SSSR count). The smallest absolute Gasteiger partial charge is 0.225 e. The van der Waals surface area contributed by atoms with Crippen molar-refractivity contribution in [3.63, 3.8) is 0 Å². The molecule has 1 fully saturated rings. The van der Waals surface area contributed by atoms with Crippen LogP contribution in [0.3, 0.4) is 0 Å². The molecule has 0 radical (unpaired) electrons. The van der Waals surface area contributed by atoms with Gasteiger partial charge in [-0.25, -0.2) is 0 Å². The molecule has 1 heterocycles. The molecule has 2 heteroatoms. The maximum absolute atomic E-state index is 11.9. The van der Waals surface area contributed by atoms with Crippen molar-refractivity contribution in [2.45, 2.75) is 60.3 Å². The molecule has 0 aromatic heterocycles. The summed E-state index contributed by atoms with van der Waals surface area (Å²) in [5.41, 5.74) is 0.118. The van der Waals surface area contributed by atoms with Gasteiger partial charge in [-0.15, -0.1) is 5.92 Å². The lowest BCUT2D eigenvalue weighted by atomic mass is 9.91. The number of rotatable bonds is 3. The van der Waals surface area contributed by atoms with Crippen LogP contribution in [0.5, 0.6) is 0 Å². The van der Waals surface area contributed by atoms with Crippen molar-refractivity contribution in [3.05, 3.63) is 0 Å². The molecule has 1 aliphatic rings. The third kappa shape index (κ3) is 6.14. The van der Waals surface area contributed by atoms with Crippen LogP contribution < -0.4 is 0 Å². The Morgan fingerprint density at radius 3 is 2.32 bits per heavy atom. The van der Waals surface area contributed by atoms with Gasteiger partial charge in [-0.05, 0) is 46.0 Å². The van der Waals surface area contributed by atoms with Crippen LogP contribution in [0.15, 0.2) is 0 Å². The molecule has 19 heavy (non-hydrogen) atoms. The Labute approximate surface area is 118 Å². The van der Waals surface area contributed by atoms with Gasteiger partial charge in [0.25, 0.3) is 0 Å². The first kappa shape index (κ1) is 16.1. The van der Waals surface area contributed by atoms with Gasteiger partial charge in [0.1, 0.15) is 0 Å². The van der Waals surface area contributed by atoms with Gasteiger partial charge in [-0.2, -0.15) is 0 Å². The quantitative estimate of drug-likeness (QED) is 0.711. The van der Waals surface area contributed by atoms with E-state index in [-0.39, 0.29) is 11.3 Å². The van der Waals surface area contributed by atoms with Gasteiger partial charge >= 0.3 is 0 Å². The van der Waals surface area contributed by atoms with Crippen LogP contribution in [0, 0.1) is 29.1 Å². The van der Waals surface area contributed by atoms with E-state index in [0.29, 0.717) is 5.91 Å². The van der Waals surface area contributed by atoms with Gasteiger partial charge in [0.05, 0.1) is 0 Å². The Balaban J connectivity index is 2.27. The van der Waals surface area contributed by atoms with E-state index in [1.54, 1.807) is 0 Å². The summed E-state index contributed by atoms with van der Waals surface area (Å²) >= 11 is 0.